The van der Waals surface area contributed by atoms with Gasteiger partial charge in [0, 0.05) is 6.54 Å². The Morgan fingerprint density at radius 2 is 1.81 bits per heavy atom. The van der Waals surface area contributed by atoms with Crippen molar-refractivity contribution in [3.8, 4) is 0 Å². The number of nitrogens with two attached hydrogens (primary N) is 2. The number of unbranched alkanes of at least 4 members (excludes halogenated alkanes) is 1. The van der Waals surface area contributed by atoms with Crippen molar-refractivity contribution >= 4 is 17.8 Å². The van der Waals surface area contributed by atoms with E-state index in [1.165, 1.54) is 0 Å². The molecule has 0 spiro atoms. The Morgan fingerprint density at radius 1 is 1.19 bits per heavy atom. The van der Waals surface area contributed by atoms with Crippen molar-refractivity contribution in [2.75, 3.05) is 13.1 Å². The Labute approximate surface area is 119 Å². The molecule has 0 bridgehead atoms. The van der Waals surface area contributed by atoms with Gasteiger partial charge in [0.15, 0.2) is 0 Å². The van der Waals surface area contributed by atoms with Crippen LogP contribution in [0.2, 0.25) is 0 Å². The Balaban J connectivity index is 3.90. The van der Waals surface area contributed by atoms with Crippen molar-refractivity contribution in [1.29, 1.82) is 0 Å². The molecule has 5 N–H and O–H groups in total. The number of rotatable bonds is 8. The zero-order chi connectivity index (χ0) is 16.5. The van der Waals surface area contributed by atoms with Gasteiger partial charge in [0.05, 0.1) is 12.5 Å². The molecule has 1 atom stereocenters. The number of alkyl halides is 3. The molecule has 0 aliphatic heterocycles. The summed E-state index contributed by atoms with van der Waals surface area (Å²) in [5.41, 5.74) is 10.8. The van der Waals surface area contributed by atoms with E-state index in [9.17, 15) is 27.6 Å². The third-order valence-electron chi connectivity index (χ3n) is 2.37. The third kappa shape index (κ3) is 8.97. The second-order valence-electron chi connectivity index (χ2n) is 4.19. The largest absolute Gasteiger partial charge is 0.491 e. The number of hydrogen-bond acceptors (Lipinski definition) is 6. The molecule has 0 aromatic carbocycles. The second-order valence-corrected chi connectivity index (χ2v) is 4.19. The molecule has 0 aliphatic carbocycles. The Hall–Kier alpha value is -1.68. The van der Waals surface area contributed by atoms with Crippen LogP contribution in [-0.2, 0) is 19.1 Å². The lowest BCUT2D eigenvalue weighted by Gasteiger charge is -2.11. The number of carbonyl (C=O) groups is 3. The minimum Gasteiger partial charge on any atom is -0.386 e. The van der Waals surface area contributed by atoms with Crippen LogP contribution in [0.25, 0.3) is 0 Å². The fraction of sp³-hybridized carbons (Fsp3) is 0.727. The van der Waals surface area contributed by atoms with Gasteiger partial charge in [0.1, 0.15) is 0 Å². The van der Waals surface area contributed by atoms with Gasteiger partial charge in [-0.3, -0.25) is 9.59 Å². The van der Waals surface area contributed by atoms with E-state index in [-0.39, 0.29) is 6.54 Å². The SMILES string of the molecule is NCCCC[C@H](N)C(=O)NCCC(=O)OC(=O)C(F)(F)F. The molecule has 0 radical (unpaired) electrons. The number of carbonyl (C=O) groups excluding carboxylic acids is 3. The standard InChI is InChI=1S/C11H18F3N3O4/c12-11(13,14)10(20)21-8(18)4-6-17-9(19)7(16)3-1-2-5-15/h7H,1-6,15-16H2,(H,17,19)/t7-/m0/s1. The minimum absolute atomic E-state index is 0.270. The first kappa shape index (κ1) is 19.3. The molecule has 0 saturated carbocycles. The zero-order valence-corrected chi connectivity index (χ0v) is 11.2. The Bertz CT molecular complexity index is 374. The molecule has 0 aliphatic rings. The second kappa shape index (κ2) is 9.29. The molecule has 10 heteroatoms. The van der Waals surface area contributed by atoms with Crippen molar-refractivity contribution in [1.82, 2.24) is 5.32 Å². The molecule has 21 heavy (non-hydrogen) atoms. The van der Waals surface area contributed by atoms with Gasteiger partial charge in [-0.1, -0.05) is 6.42 Å². The maximum atomic E-state index is 11.8. The van der Waals surface area contributed by atoms with Gasteiger partial charge in [0.25, 0.3) is 0 Å². The molecule has 7 nitrogen and oxygen atoms in total. The van der Waals surface area contributed by atoms with Crippen LogP contribution in [0.15, 0.2) is 0 Å². The van der Waals surface area contributed by atoms with Gasteiger partial charge in [0.2, 0.25) is 5.91 Å². The average molecular weight is 313 g/mol. The number of halogens is 3. The lowest BCUT2D eigenvalue weighted by Crippen LogP contribution is -2.41. The lowest BCUT2D eigenvalue weighted by molar-refractivity contribution is -0.201. The average Bonchev–Trinajstić information content (AvgIpc) is 2.37. The predicted octanol–water partition coefficient (Wildman–Crippen LogP) is -0.419. The molecule has 0 unspecified atom stereocenters. The van der Waals surface area contributed by atoms with Crippen molar-refractivity contribution in [3.05, 3.63) is 0 Å². The van der Waals surface area contributed by atoms with E-state index in [2.05, 4.69) is 10.1 Å². The lowest BCUT2D eigenvalue weighted by atomic mass is 10.1. The third-order valence-corrected chi connectivity index (χ3v) is 2.37. The van der Waals surface area contributed by atoms with Gasteiger partial charge < -0.3 is 21.5 Å². The van der Waals surface area contributed by atoms with Crippen LogP contribution in [0.5, 0.6) is 0 Å². The van der Waals surface area contributed by atoms with E-state index in [1.807, 2.05) is 0 Å². The van der Waals surface area contributed by atoms with Crippen LogP contribution in [0, 0.1) is 0 Å². The van der Waals surface area contributed by atoms with Gasteiger partial charge in [-0.05, 0) is 19.4 Å². The molecular formula is C11H18F3N3O4. The van der Waals surface area contributed by atoms with Crippen LogP contribution in [0.3, 0.4) is 0 Å². The van der Waals surface area contributed by atoms with Crippen molar-refractivity contribution < 1.29 is 32.3 Å². The smallest absolute Gasteiger partial charge is 0.386 e. The van der Waals surface area contributed by atoms with E-state index in [4.69, 9.17) is 11.5 Å². The normalized spacial score (nSPS) is 12.6. The zero-order valence-electron chi connectivity index (χ0n) is 11.2. The van der Waals surface area contributed by atoms with Crippen LogP contribution in [-0.4, -0.2) is 43.2 Å². The summed E-state index contributed by atoms with van der Waals surface area (Å²) in [6, 6.07) is -0.788. The monoisotopic (exact) mass is 313 g/mol. The summed E-state index contributed by atoms with van der Waals surface area (Å²) >= 11 is 0. The quantitative estimate of drug-likeness (QED) is 0.317. The molecule has 0 rings (SSSR count). The van der Waals surface area contributed by atoms with Crippen molar-refractivity contribution in [3.63, 3.8) is 0 Å². The fourth-order valence-corrected chi connectivity index (χ4v) is 1.27. The minimum atomic E-state index is -5.23. The van der Waals surface area contributed by atoms with Gasteiger partial charge in [-0.25, -0.2) is 4.79 Å². The summed E-state index contributed by atoms with van der Waals surface area (Å²) in [7, 11) is 0. The highest BCUT2D eigenvalue weighted by molar-refractivity contribution is 5.88. The van der Waals surface area contributed by atoms with Crippen LogP contribution in [0.1, 0.15) is 25.7 Å². The highest BCUT2D eigenvalue weighted by Crippen LogP contribution is 2.16. The highest BCUT2D eigenvalue weighted by Gasteiger charge is 2.42. The van der Waals surface area contributed by atoms with Gasteiger partial charge in [-0.2, -0.15) is 13.2 Å². The molecular weight excluding hydrogens is 295 g/mol. The topological polar surface area (TPSA) is 125 Å². The first-order valence-corrected chi connectivity index (χ1v) is 6.23. The predicted molar refractivity (Wildman–Crippen MR) is 65.7 cm³/mol. The first-order chi connectivity index (χ1) is 9.68. The number of ether oxygens (including phenoxy) is 1. The first-order valence-electron chi connectivity index (χ1n) is 6.23. The van der Waals surface area contributed by atoms with E-state index in [1.54, 1.807) is 0 Å². The van der Waals surface area contributed by atoms with Gasteiger partial charge in [-0.15, -0.1) is 0 Å². The maximum Gasteiger partial charge on any atom is 0.491 e. The summed E-state index contributed by atoms with van der Waals surface area (Å²) in [6.45, 7) is 0.209. The summed E-state index contributed by atoms with van der Waals surface area (Å²) in [4.78, 5) is 32.7. The molecule has 122 valence electrons. The summed E-state index contributed by atoms with van der Waals surface area (Å²) in [6.07, 6.45) is -4.02. The van der Waals surface area contributed by atoms with Crippen LogP contribution >= 0.6 is 0 Å². The van der Waals surface area contributed by atoms with E-state index >= 15 is 0 Å². The van der Waals surface area contributed by atoms with Crippen molar-refractivity contribution in [2.24, 2.45) is 11.5 Å². The maximum absolute atomic E-state index is 11.8. The molecule has 0 aromatic heterocycles. The molecule has 0 heterocycles. The Kier molecular flexibility index (Phi) is 8.55. The van der Waals surface area contributed by atoms with Crippen molar-refractivity contribution in [2.45, 2.75) is 37.9 Å². The number of amides is 1. The number of hydrogen-bond donors (Lipinski definition) is 3. The number of nitrogens with one attached hydrogen (secondary N) is 1. The fourth-order valence-electron chi connectivity index (χ4n) is 1.27. The van der Waals surface area contributed by atoms with Crippen LogP contribution in [0.4, 0.5) is 13.2 Å². The highest BCUT2D eigenvalue weighted by atomic mass is 19.4. The molecule has 1 amide bonds. The summed E-state index contributed by atoms with van der Waals surface area (Å²) in [5, 5.41) is 2.26. The van der Waals surface area contributed by atoms with Gasteiger partial charge >= 0.3 is 18.1 Å². The van der Waals surface area contributed by atoms with E-state index in [0.29, 0.717) is 25.8 Å². The Morgan fingerprint density at radius 3 is 2.33 bits per heavy atom. The molecule has 0 fully saturated rings. The summed E-state index contributed by atoms with van der Waals surface area (Å²) < 4.78 is 38.9. The molecule has 0 aromatic rings. The molecule has 0 saturated heterocycles. The number of esters is 2. The van der Waals surface area contributed by atoms with E-state index in [0.717, 1.165) is 0 Å². The van der Waals surface area contributed by atoms with Crippen LogP contribution < -0.4 is 16.8 Å². The van der Waals surface area contributed by atoms with E-state index < -0.39 is 36.5 Å². The summed E-state index contributed by atoms with van der Waals surface area (Å²) in [5.74, 6) is -4.51.